The number of aryl methyl sites for hydroxylation is 1. The minimum atomic E-state index is 0.0871. The fourth-order valence-electron chi connectivity index (χ4n) is 2.75. The van der Waals surface area contributed by atoms with Gasteiger partial charge in [-0.3, -0.25) is 9.97 Å². The summed E-state index contributed by atoms with van der Waals surface area (Å²) in [6.45, 7) is 5.11. The maximum atomic E-state index is 4.60. The van der Waals surface area contributed by atoms with E-state index in [9.17, 15) is 0 Å². The summed E-state index contributed by atoms with van der Waals surface area (Å²) in [5.41, 5.74) is 3.50. The van der Waals surface area contributed by atoms with Crippen LogP contribution in [0.15, 0.2) is 55.0 Å². The van der Waals surface area contributed by atoms with Gasteiger partial charge in [-0.1, -0.05) is 31.2 Å². The first-order chi connectivity index (χ1) is 10.3. The van der Waals surface area contributed by atoms with Crippen molar-refractivity contribution in [1.29, 1.82) is 0 Å². The van der Waals surface area contributed by atoms with Crippen LogP contribution in [-0.2, 0) is 0 Å². The zero-order valence-corrected chi connectivity index (χ0v) is 12.4. The number of aromatic nitrogens is 2. The lowest BCUT2D eigenvalue weighted by molar-refractivity contribution is 0.615. The van der Waals surface area contributed by atoms with Gasteiger partial charge < -0.3 is 5.32 Å². The Kier molecular flexibility index (Phi) is 3.93. The standard InChI is InChI=1S/C18H19N3/c1-3-20-18(17-13(2)6-5-10-21-17)15-8-4-7-14-9-11-19-12-16(14)15/h4-12,18,20H,3H2,1-2H3. The second kappa shape index (κ2) is 6.02. The second-order valence-corrected chi connectivity index (χ2v) is 5.14. The molecule has 2 heterocycles. The number of hydrogen-bond acceptors (Lipinski definition) is 3. The Morgan fingerprint density at radius 2 is 2.00 bits per heavy atom. The van der Waals surface area contributed by atoms with E-state index in [4.69, 9.17) is 0 Å². The van der Waals surface area contributed by atoms with Gasteiger partial charge in [-0.05, 0) is 42.1 Å². The topological polar surface area (TPSA) is 37.8 Å². The van der Waals surface area contributed by atoms with Crippen LogP contribution in [0.5, 0.6) is 0 Å². The highest BCUT2D eigenvalue weighted by Gasteiger charge is 2.18. The maximum absolute atomic E-state index is 4.60. The maximum Gasteiger partial charge on any atom is 0.0760 e. The van der Waals surface area contributed by atoms with Gasteiger partial charge in [0.05, 0.1) is 11.7 Å². The minimum absolute atomic E-state index is 0.0871. The third-order valence-electron chi connectivity index (χ3n) is 3.76. The molecule has 0 radical (unpaired) electrons. The molecule has 0 saturated carbocycles. The highest BCUT2D eigenvalue weighted by Crippen LogP contribution is 2.28. The van der Waals surface area contributed by atoms with Crippen molar-refractivity contribution in [3.63, 3.8) is 0 Å². The molecule has 3 heteroatoms. The summed E-state index contributed by atoms with van der Waals surface area (Å²) in [5.74, 6) is 0. The predicted octanol–water partition coefficient (Wildman–Crippen LogP) is 3.64. The molecule has 3 nitrogen and oxygen atoms in total. The molecular formula is C18H19N3. The number of nitrogens with zero attached hydrogens (tertiary/aromatic N) is 2. The van der Waals surface area contributed by atoms with Gasteiger partial charge in [-0.2, -0.15) is 0 Å². The lowest BCUT2D eigenvalue weighted by Crippen LogP contribution is -2.24. The molecule has 1 aromatic carbocycles. The lowest BCUT2D eigenvalue weighted by atomic mass is 9.95. The average Bonchev–Trinajstić information content (AvgIpc) is 2.53. The molecule has 0 aliphatic heterocycles. The fraction of sp³-hybridized carbons (Fsp3) is 0.222. The summed E-state index contributed by atoms with van der Waals surface area (Å²) in [4.78, 5) is 8.88. The van der Waals surface area contributed by atoms with Crippen molar-refractivity contribution in [1.82, 2.24) is 15.3 Å². The monoisotopic (exact) mass is 277 g/mol. The third-order valence-corrected chi connectivity index (χ3v) is 3.76. The van der Waals surface area contributed by atoms with E-state index in [0.717, 1.165) is 12.2 Å². The van der Waals surface area contributed by atoms with Crippen molar-refractivity contribution in [2.24, 2.45) is 0 Å². The van der Waals surface area contributed by atoms with Gasteiger partial charge >= 0.3 is 0 Å². The minimum Gasteiger partial charge on any atom is -0.305 e. The molecule has 0 amide bonds. The second-order valence-electron chi connectivity index (χ2n) is 5.14. The number of hydrogen-bond donors (Lipinski definition) is 1. The molecule has 0 bridgehead atoms. The van der Waals surface area contributed by atoms with Gasteiger partial charge in [-0.15, -0.1) is 0 Å². The van der Waals surface area contributed by atoms with E-state index >= 15 is 0 Å². The van der Waals surface area contributed by atoms with Gasteiger partial charge in [-0.25, -0.2) is 0 Å². The summed E-state index contributed by atoms with van der Waals surface area (Å²) in [5, 5.41) is 5.94. The van der Waals surface area contributed by atoms with Crippen molar-refractivity contribution < 1.29 is 0 Å². The summed E-state index contributed by atoms with van der Waals surface area (Å²) in [6.07, 6.45) is 5.63. The zero-order valence-electron chi connectivity index (χ0n) is 12.4. The predicted molar refractivity (Wildman–Crippen MR) is 86.2 cm³/mol. The lowest BCUT2D eigenvalue weighted by Gasteiger charge is -2.21. The first-order valence-electron chi connectivity index (χ1n) is 7.28. The van der Waals surface area contributed by atoms with Crippen LogP contribution in [0.4, 0.5) is 0 Å². The molecule has 1 unspecified atom stereocenters. The van der Waals surface area contributed by atoms with Crippen LogP contribution in [-0.4, -0.2) is 16.5 Å². The molecule has 1 atom stereocenters. The van der Waals surface area contributed by atoms with Gasteiger partial charge in [0, 0.05) is 24.0 Å². The molecule has 0 fully saturated rings. The molecule has 106 valence electrons. The van der Waals surface area contributed by atoms with E-state index in [1.807, 2.05) is 30.7 Å². The van der Waals surface area contributed by atoms with Crippen LogP contribution in [0.25, 0.3) is 10.8 Å². The molecule has 21 heavy (non-hydrogen) atoms. The molecule has 3 aromatic rings. The summed E-state index contributed by atoms with van der Waals surface area (Å²) in [6, 6.07) is 12.6. The first kappa shape index (κ1) is 13.7. The average molecular weight is 277 g/mol. The van der Waals surface area contributed by atoms with Gasteiger partial charge in [0.2, 0.25) is 0 Å². The molecule has 0 aliphatic rings. The van der Waals surface area contributed by atoms with Crippen LogP contribution in [0.2, 0.25) is 0 Å². The summed E-state index contributed by atoms with van der Waals surface area (Å²) >= 11 is 0. The Morgan fingerprint density at radius 1 is 1.10 bits per heavy atom. The quantitative estimate of drug-likeness (QED) is 0.791. The third kappa shape index (κ3) is 2.65. The van der Waals surface area contributed by atoms with E-state index in [2.05, 4.69) is 53.4 Å². The van der Waals surface area contributed by atoms with Gasteiger partial charge in [0.15, 0.2) is 0 Å². The van der Waals surface area contributed by atoms with E-state index in [1.165, 1.54) is 21.9 Å². The Morgan fingerprint density at radius 3 is 2.81 bits per heavy atom. The molecule has 0 spiro atoms. The normalized spacial score (nSPS) is 12.5. The largest absolute Gasteiger partial charge is 0.305 e. The number of rotatable bonds is 4. The van der Waals surface area contributed by atoms with Crippen molar-refractivity contribution >= 4 is 10.8 Å². The number of benzene rings is 1. The van der Waals surface area contributed by atoms with Crippen molar-refractivity contribution in [2.75, 3.05) is 6.54 Å². The van der Waals surface area contributed by atoms with Crippen molar-refractivity contribution in [2.45, 2.75) is 19.9 Å². The molecule has 3 rings (SSSR count). The molecular weight excluding hydrogens is 258 g/mol. The van der Waals surface area contributed by atoms with E-state index < -0.39 is 0 Å². The van der Waals surface area contributed by atoms with Crippen molar-refractivity contribution in [3.8, 4) is 0 Å². The van der Waals surface area contributed by atoms with Crippen LogP contribution in [0.1, 0.15) is 29.8 Å². The Balaban J connectivity index is 2.19. The van der Waals surface area contributed by atoms with Crippen LogP contribution < -0.4 is 5.32 Å². The molecule has 0 saturated heterocycles. The highest BCUT2D eigenvalue weighted by molar-refractivity contribution is 5.85. The molecule has 2 aromatic heterocycles. The summed E-state index contributed by atoms with van der Waals surface area (Å²) < 4.78 is 0. The number of pyridine rings is 2. The number of fused-ring (bicyclic) bond motifs is 1. The van der Waals surface area contributed by atoms with E-state index in [0.29, 0.717) is 0 Å². The zero-order chi connectivity index (χ0) is 14.7. The number of nitrogens with one attached hydrogen (secondary N) is 1. The van der Waals surface area contributed by atoms with Crippen molar-refractivity contribution in [3.05, 3.63) is 71.8 Å². The van der Waals surface area contributed by atoms with Gasteiger partial charge in [0.1, 0.15) is 0 Å². The SMILES string of the molecule is CCNC(c1ncccc1C)c1cccc2ccncc12. The highest BCUT2D eigenvalue weighted by atomic mass is 14.9. The smallest absolute Gasteiger partial charge is 0.0760 e. The first-order valence-corrected chi connectivity index (χ1v) is 7.28. The summed E-state index contributed by atoms with van der Waals surface area (Å²) in [7, 11) is 0. The Bertz CT molecular complexity index is 747. The van der Waals surface area contributed by atoms with Gasteiger partial charge in [0.25, 0.3) is 0 Å². The Hall–Kier alpha value is -2.26. The van der Waals surface area contributed by atoms with E-state index in [1.54, 1.807) is 0 Å². The molecule has 0 aliphatic carbocycles. The van der Waals surface area contributed by atoms with E-state index in [-0.39, 0.29) is 6.04 Å². The van der Waals surface area contributed by atoms with Crippen LogP contribution in [0.3, 0.4) is 0 Å². The van der Waals surface area contributed by atoms with Crippen LogP contribution >= 0.6 is 0 Å². The Labute approximate surface area is 125 Å². The van der Waals surface area contributed by atoms with Crippen LogP contribution in [0, 0.1) is 6.92 Å². The fourth-order valence-corrected chi connectivity index (χ4v) is 2.75. The molecule has 1 N–H and O–H groups in total.